The predicted octanol–water partition coefficient (Wildman–Crippen LogP) is -1.50. The van der Waals surface area contributed by atoms with Gasteiger partial charge in [0.05, 0.1) is 12.1 Å². The van der Waals surface area contributed by atoms with Gasteiger partial charge in [-0.05, 0) is 6.92 Å². The summed E-state index contributed by atoms with van der Waals surface area (Å²) in [6.07, 6.45) is 1.10. The van der Waals surface area contributed by atoms with E-state index in [9.17, 15) is 13.2 Å². The van der Waals surface area contributed by atoms with E-state index >= 15 is 0 Å². The second-order valence-corrected chi connectivity index (χ2v) is 6.16. The van der Waals surface area contributed by atoms with E-state index in [2.05, 4.69) is 11.9 Å². The molecule has 18 heavy (non-hydrogen) atoms. The van der Waals surface area contributed by atoms with Crippen LogP contribution in [0.5, 0.6) is 0 Å². The van der Waals surface area contributed by atoms with Crippen LogP contribution in [0.15, 0.2) is 12.4 Å². The van der Waals surface area contributed by atoms with Crippen LogP contribution >= 0.6 is 0 Å². The van der Waals surface area contributed by atoms with Crippen LogP contribution in [0.3, 0.4) is 0 Å². The normalized spacial score (nSPS) is 21.7. The molecule has 0 aliphatic carbocycles. The van der Waals surface area contributed by atoms with E-state index in [1.165, 1.54) is 4.31 Å². The van der Waals surface area contributed by atoms with Crippen molar-refractivity contribution in [1.82, 2.24) is 14.5 Å². The van der Waals surface area contributed by atoms with E-state index in [0.717, 1.165) is 6.26 Å². The SMILES string of the molecule is C=C(N)N1CCN(S(C)(=O)=O)C(C(=O)NCC)C1. The highest BCUT2D eigenvalue weighted by Crippen LogP contribution is 2.15. The highest BCUT2D eigenvalue weighted by atomic mass is 32.2. The summed E-state index contributed by atoms with van der Waals surface area (Å²) in [5.74, 6) is 0.0336. The molecule has 1 aliphatic rings. The van der Waals surface area contributed by atoms with Crippen molar-refractivity contribution < 1.29 is 13.2 Å². The van der Waals surface area contributed by atoms with Gasteiger partial charge >= 0.3 is 0 Å². The molecule has 3 N–H and O–H groups in total. The number of carbonyl (C=O) groups is 1. The molecule has 104 valence electrons. The summed E-state index contributed by atoms with van der Waals surface area (Å²) in [7, 11) is -3.41. The molecule has 1 saturated heterocycles. The Morgan fingerprint density at radius 1 is 1.50 bits per heavy atom. The molecule has 0 saturated carbocycles. The molecule has 1 amide bonds. The Kier molecular flexibility index (Phi) is 4.58. The van der Waals surface area contributed by atoms with Gasteiger partial charge in [-0.1, -0.05) is 6.58 Å². The Labute approximate surface area is 108 Å². The van der Waals surface area contributed by atoms with Gasteiger partial charge in [0.2, 0.25) is 15.9 Å². The molecule has 1 rings (SSSR count). The summed E-state index contributed by atoms with van der Waals surface area (Å²) >= 11 is 0. The van der Waals surface area contributed by atoms with E-state index in [0.29, 0.717) is 18.9 Å². The number of rotatable bonds is 4. The van der Waals surface area contributed by atoms with Crippen LogP contribution < -0.4 is 11.1 Å². The predicted molar refractivity (Wildman–Crippen MR) is 68.9 cm³/mol. The van der Waals surface area contributed by atoms with Gasteiger partial charge in [0.15, 0.2) is 0 Å². The first-order valence-electron chi connectivity index (χ1n) is 5.71. The second kappa shape index (κ2) is 5.57. The lowest BCUT2D eigenvalue weighted by Crippen LogP contribution is -2.60. The zero-order valence-electron chi connectivity index (χ0n) is 10.7. The minimum atomic E-state index is -3.41. The summed E-state index contributed by atoms with van der Waals surface area (Å²) in [6.45, 7) is 6.75. The maximum atomic E-state index is 11.9. The molecule has 0 spiro atoms. The number of nitrogens with zero attached hydrogens (tertiary/aromatic N) is 2. The topological polar surface area (TPSA) is 95.7 Å². The van der Waals surface area contributed by atoms with Crippen LogP contribution in [-0.4, -0.2) is 62.0 Å². The van der Waals surface area contributed by atoms with Gasteiger partial charge in [-0.15, -0.1) is 0 Å². The first-order chi connectivity index (χ1) is 8.27. The summed E-state index contributed by atoms with van der Waals surface area (Å²) < 4.78 is 24.5. The molecular weight excluding hydrogens is 256 g/mol. The molecular formula is C10H20N4O3S. The van der Waals surface area contributed by atoms with Gasteiger partial charge in [0.25, 0.3) is 0 Å². The fraction of sp³-hybridized carbons (Fsp3) is 0.700. The van der Waals surface area contributed by atoms with Gasteiger partial charge in [-0.2, -0.15) is 4.31 Å². The number of nitrogens with one attached hydrogen (secondary N) is 1. The standard InChI is InChI=1S/C10H20N4O3S/c1-4-12-10(15)9-7-13(8(2)11)5-6-14(9)18(3,16)17/h9H,2,4-7,11H2,1,3H3,(H,12,15). The average Bonchev–Trinajstić information content (AvgIpc) is 2.27. The molecule has 1 heterocycles. The summed E-state index contributed by atoms with van der Waals surface area (Å²) in [5, 5.41) is 2.63. The molecule has 1 unspecified atom stereocenters. The van der Waals surface area contributed by atoms with Crippen molar-refractivity contribution in [1.29, 1.82) is 0 Å². The zero-order chi connectivity index (χ0) is 13.9. The molecule has 0 aromatic carbocycles. The largest absolute Gasteiger partial charge is 0.386 e. The second-order valence-electron chi connectivity index (χ2n) is 4.22. The molecule has 0 bridgehead atoms. The van der Waals surface area contributed by atoms with Crippen LogP contribution in [-0.2, 0) is 14.8 Å². The Bertz CT molecular complexity index is 434. The molecule has 7 nitrogen and oxygen atoms in total. The van der Waals surface area contributed by atoms with Crippen LogP contribution in [0.1, 0.15) is 6.92 Å². The number of hydrogen-bond donors (Lipinski definition) is 2. The fourth-order valence-corrected chi connectivity index (χ4v) is 2.97. The molecule has 1 atom stereocenters. The fourth-order valence-electron chi connectivity index (χ4n) is 1.93. The third-order valence-electron chi connectivity index (χ3n) is 2.82. The van der Waals surface area contributed by atoms with Crippen molar-refractivity contribution in [2.45, 2.75) is 13.0 Å². The number of carbonyl (C=O) groups excluding carboxylic acids is 1. The van der Waals surface area contributed by atoms with E-state index in [1.54, 1.807) is 11.8 Å². The molecule has 8 heteroatoms. The van der Waals surface area contributed by atoms with Crippen LogP contribution in [0.4, 0.5) is 0 Å². The lowest BCUT2D eigenvalue weighted by molar-refractivity contribution is -0.126. The maximum Gasteiger partial charge on any atom is 0.240 e. The first kappa shape index (κ1) is 14.8. The molecule has 1 aliphatic heterocycles. The smallest absolute Gasteiger partial charge is 0.240 e. The van der Waals surface area contributed by atoms with Crippen molar-refractivity contribution in [2.24, 2.45) is 5.73 Å². The minimum Gasteiger partial charge on any atom is -0.386 e. The van der Waals surface area contributed by atoms with E-state index in [-0.39, 0.29) is 19.0 Å². The van der Waals surface area contributed by atoms with Gasteiger partial charge in [0.1, 0.15) is 6.04 Å². The number of piperazine rings is 1. The Morgan fingerprint density at radius 2 is 2.11 bits per heavy atom. The highest BCUT2D eigenvalue weighted by Gasteiger charge is 2.37. The van der Waals surface area contributed by atoms with E-state index in [1.807, 2.05) is 0 Å². The van der Waals surface area contributed by atoms with Crippen molar-refractivity contribution in [3.05, 3.63) is 12.4 Å². The number of nitrogens with two attached hydrogens (primary N) is 1. The highest BCUT2D eigenvalue weighted by molar-refractivity contribution is 7.88. The zero-order valence-corrected chi connectivity index (χ0v) is 11.5. The molecule has 0 radical (unpaired) electrons. The lowest BCUT2D eigenvalue weighted by atomic mass is 10.2. The number of amides is 1. The van der Waals surface area contributed by atoms with Crippen molar-refractivity contribution in [3.63, 3.8) is 0 Å². The average molecular weight is 276 g/mol. The van der Waals surface area contributed by atoms with Gasteiger partial charge < -0.3 is 16.0 Å². The first-order valence-corrected chi connectivity index (χ1v) is 7.56. The molecule has 0 aromatic rings. The van der Waals surface area contributed by atoms with Gasteiger partial charge in [0, 0.05) is 26.2 Å². The third kappa shape index (κ3) is 3.36. The molecule has 0 aromatic heterocycles. The number of hydrogen-bond acceptors (Lipinski definition) is 5. The van der Waals surface area contributed by atoms with Crippen molar-refractivity contribution in [3.8, 4) is 0 Å². The Morgan fingerprint density at radius 3 is 2.56 bits per heavy atom. The van der Waals surface area contributed by atoms with Crippen LogP contribution in [0.2, 0.25) is 0 Å². The Balaban J connectivity index is 2.93. The van der Waals surface area contributed by atoms with Crippen molar-refractivity contribution in [2.75, 3.05) is 32.4 Å². The van der Waals surface area contributed by atoms with Crippen molar-refractivity contribution >= 4 is 15.9 Å². The summed E-state index contributed by atoms with van der Waals surface area (Å²) in [4.78, 5) is 13.6. The van der Waals surface area contributed by atoms with E-state index < -0.39 is 16.1 Å². The summed E-state index contributed by atoms with van der Waals surface area (Å²) in [6, 6.07) is -0.756. The number of sulfonamides is 1. The molecule has 1 fully saturated rings. The van der Waals surface area contributed by atoms with Crippen LogP contribution in [0.25, 0.3) is 0 Å². The summed E-state index contributed by atoms with van der Waals surface area (Å²) in [5.41, 5.74) is 5.59. The van der Waals surface area contributed by atoms with Gasteiger partial charge in [-0.25, -0.2) is 8.42 Å². The number of likely N-dealkylation sites (N-methyl/N-ethyl adjacent to an activating group) is 1. The lowest BCUT2D eigenvalue weighted by Gasteiger charge is -2.39. The Hall–Kier alpha value is -1.28. The van der Waals surface area contributed by atoms with Crippen LogP contribution in [0, 0.1) is 0 Å². The third-order valence-corrected chi connectivity index (χ3v) is 4.11. The van der Waals surface area contributed by atoms with Gasteiger partial charge in [-0.3, -0.25) is 4.79 Å². The van der Waals surface area contributed by atoms with E-state index in [4.69, 9.17) is 5.73 Å². The maximum absolute atomic E-state index is 11.9. The minimum absolute atomic E-state index is 0.230. The monoisotopic (exact) mass is 276 g/mol. The quantitative estimate of drug-likeness (QED) is 0.651.